The number of ether oxygens (including phenoxy) is 2. The van der Waals surface area contributed by atoms with Gasteiger partial charge in [-0.15, -0.1) is 0 Å². The lowest BCUT2D eigenvalue weighted by atomic mass is 10.0. The Balaban J connectivity index is 2.25. The molecule has 0 unspecified atom stereocenters. The molecule has 0 saturated carbocycles. The Morgan fingerprint density at radius 3 is 2.94 bits per heavy atom. The van der Waals surface area contributed by atoms with Crippen LogP contribution < -0.4 is 15.2 Å². The first kappa shape index (κ1) is 11.4. The molecular formula is C12H11BrN2O3. The van der Waals surface area contributed by atoms with Crippen molar-refractivity contribution in [1.29, 1.82) is 0 Å². The number of nitrogens with zero attached hydrogens (tertiary/aromatic N) is 1. The van der Waals surface area contributed by atoms with E-state index in [0.29, 0.717) is 12.4 Å². The molecule has 0 amide bonds. The van der Waals surface area contributed by atoms with Crippen LogP contribution in [0.15, 0.2) is 21.3 Å². The minimum absolute atomic E-state index is 0.289. The molecule has 0 fully saturated rings. The number of benzene rings is 1. The Morgan fingerprint density at radius 2 is 2.28 bits per heavy atom. The molecule has 2 heterocycles. The Hall–Kier alpha value is -1.69. The Bertz CT molecular complexity index is 610. The first-order chi connectivity index (χ1) is 8.72. The minimum Gasteiger partial charge on any atom is -0.493 e. The van der Waals surface area contributed by atoms with Crippen LogP contribution in [0.2, 0.25) is 0 Å². The minimum atomic E-state index is 0.289. The maximum atomic E-state index is 5.76. The number of hydrogen-bond donors (Lipinski definition) is 1. The molecule has 18 heavy (non-hydrogen) atoms. The van der Waals surface area contributed by atoms with E-state index in [-0.39, 0.29) is 5.88 Å². The fourth-order valence-electron chi connectivity index (χ4n) is 2.11. The smallest absolute Gasteiger partial charge is 0.229 e. The fraction of sp³-hybridized carbons (Fsp3) is 0.250. The molecule has 6 heteroatoms. The summed E-state index contributed by atoms with van der Waals surface area (Å²) in [7, 11) is 1.62. The Labute approximate surface area is 112 Å². The molecule has 0 saturated heterocycles. The zero-order valence-electron chi connectivity index (χ0n) is 9.70. The van der Waals surface area contributed by atoms with E-state index in [4.69, 9.17) is 19.7 Å². The quantitative estimate of drug-likeness (QED) is 0.923. The third-order valence-corrected chi connectivity index (χ3v) is 3.89. The first-order valence-electron chi connectivity index (χ1n) is 5.45. The topological polar surface area (TPSA) is 70.5 Å². The molecule has 0 radical (unpaired) electrons. The molecular weight excluding hydrogens is 300 g/mol. The second kappa shape index (κ2) is 4.20. The van der Waals surface area contributed by atoms with Crippen molar-refractivity contribution < 1.29 is 14.0 Å². The van der Waals surface area contributed by atoms with E-state index in [1.165, 1.54) is 0 Å². The van der Waals surface area contributed by atoms with Gasteiger partial charge in [-0.2, -0.15) is 0 Å². The lowest BCUT2D eigenvalue weighted by Crippen LogP contribution is -1.93. The van der Waals surface area contributed by atoms with Gasteiger partial charge in [0, 0.05) is 22.0 Å². The SMILES string of the molecule is COc1cc(-c2cnoc2N)c(Br)c2c1OCC2. The van der Waals surface area contributed by atoms with Crippen LogP contribution in [0.5, 0.6) is 11.5 Å². The molecule has 0 spiro atoms. The standard InChI is InChI=1S/C12H11BrN2O3/c1-16-9-4-7(8-5-15-18-12(8)14)10(13)6-2-3-17-11(6)9/h4-5H,2-3,14H2,1H3. The number of hydrogen-bond acceptors (Lipinski definition) is 5. The van der Waals surface area contributed by atoms with Gasteiger partial charge in [0.2, 0.25) is 5.88 Å². The first-order valence-corrected chi connectivity index (χ1v) is 6.24. The molecule has 94 valence electrons. The van der Waals surface area contributed by atoms with Gasteiger partial charge >= 0.3 is 0 Å². The third kappa shape index (κ3) is 1.56. The predicted molar refractivity (Wildman–Crippen MR) is 69.8 cm³/mol. The lowest BCUT2D eigenvalue weighted by molar-refractivity contribution is 0.326. The molecule has 0 aliphatic carbocycles. The van der Waals surface area contributed by atoms with Crippen molar-refractivity contribution >= 4 is 21.8 Å². The van der Waals surface area contributed by atoms with Crippen molar-refractivity contribution in [3.8, 4) is 22.6 Å². The zero-order valence-corrected chi connectivity index (χ0v) is 11.3. The van der Waals surface area contributed by atoms with Crippen LogP contribution in [0.25, 0.3) is 11.1 Å². The second-order valence-electron chi connectivity index (χ2n) is 3.95. The molecule has 1 aliphatic heterocycles. The maximum Gasteiger partial charge on any atom is 0.229 e. The number of nitrogen functional groups attached to an aromatic ring is 1. The van der Waals surface area contributed by atoms with Gasteiger partial charge in [-0.05, 0) is 22.0 Å². The van der Waals surface area contributed by atoms with Crippen molar-refractivity contribution in [2.24, 2.45) is 0 Å². The fourth-order valence-corrected chi connectivity index (χ4v) is 2.81. The molecule has 1 aromatic carbocycles. The highest BCUT2D eigenvalue weighted by atomic mass is 79.9. The molecule has 2 N–H and O–H groups in total. The second-order valence-corrected chi connectivity index (χ2v) is 4.74. The van der Waals surface area contributed by atoms with Gasteiger partial charge < -0.3 is 19.7 Å². The van der Waals surface area contributed by atoms with Crippen molar-refractivity contribution in [2.75, 3.05) is 19.5 Å². The predicted octanol–water partition coefficient (Wildman–Crippen LogP) is 2.63. The number of fused-ring (bicyclic) bond motifs is 1. The molecule has 2 aromatic rings. The van der Waals surface area contributed by atoms with Crippen LogP contribution >= 0.6 is 15.9 Å². The van der Waals surface area contributed by atoms with E-state index in [2.05, 4.69) is 21.1 Å². The van der Waals surface area contributed by atoms with E-state index >= 15 is 0 Å². The van der Waals surface area contributed by atoms with Crippen molar-refractivity contribution in [3.05, 3.63) is 22.3 Å². The molecule has 1 aromatic heterocycles. The van der Waals surface area contributed by atoms with Crippen LogP contribution in [0.3, 0.4) is 0 Å². The third-order valence-electron chi connectivity index (χ3n) is 2.98. The summed E-state index contributed by atoms with van der Waals surface area (Å²) in [4.78, 5) is 0. The summed E-state index contributed by atoms with van der Waals surface area (Å²) in [5.41, 5.74) is 8.49. The number of halogens is 1. The largest absolute Gasteiger partial charge is 0.493 e. The van der Waals surface area contributed by atoms with Gasteiger partial charge in [0.05, 0.1) is 25.5 Å². The average molecular weight is 311 g/mol. The highest BCUT2D eigenvalue weighted by Crippen LogP contribution is 2.46. The normalized spacial score (nSPS) is 13.2. The molecule has 3 rings (SSSR count). The number of aromatic nitrogens is 1. The van der Waals surface area contributed by atoms with Crippen LogP contribution in [-0.4, -0.2) is 18.9 Å². The van der Waals surface area contributed by atoms with E-state index in [0.717, 1.165) is 33.3 Å². The molecule has 0 atom stereocenters. The van der Waals surface area contributed by atoms with Crippen molar-refractivity contribution in [1.82, 2.24) is 5.16 Å². The number of rotatable bonds is 2. The van der Waals surface area contributed by atoms with Crippen molar-refractivity contribution in [2.45, 2.75) is 6.42 Å². The summed E-state index contributed by atoms with van der Waals surface area (Å²) in [6, 6.07) is 1.87. The molecule has 5 nitrogen and oxygen atoms in total. The average Bonchev–Trinajstić information content (AvgIpc) is 2.99. The highest BCUT2D eigenvalue weighted by Gasteiger charge is 2.25. The summed E-state index contributed by atoms with van der Waals surface area (Å²) >= 11 is 3.59. The maximum absolute atomic E-state index is 5.76. The van der Waals surface area contributed by atoms with Crippen LogP contribution in [0.1, 0.15) is 5.56 Å². The number of anilines is 1. The van der Waals surface area contributed by atoms with E-state index in [1.807, 2.05) is 6.07 Å². The van der Waals surface area contributed by atoms with Gasteiger partial charge in [0.25, 0.3) is 0 Å². The highest BCUT2D eigenvalue weighted by molar-refractivity contribution is 9.10. The lowest BCUT2D eigenvalue weighted by Gasteiger charge is -2.12. The van der Waals surface area contributed by atoms with Crippen molar-refractivity contribution in [3.63, 3.8) is 0 Å². The zero-order chi connectivity index (χ0) is 12.7. The van der Waals surface area contributed by atoms with Gasteiger partial charge in [0.15, 0.2) is 11.5 Å². The van der Waals surface area contributed by atoms with Crippen LogP contribution in [-0.2, 0) is 6.42 Å². The van der Waals surface area contributed by atoms with Gasteiger partial charge in [-0.3, -0.25) is 0 Å². The van der Waals surface area contributed by atoms with Gasteiger partial charge in [-0.25, -0.2) is 0 Å². The summed E-state index contributed by atoms with van der Waals surface area (Å²) in [5.74, 6) is 1.78. The Kier molecular flexibility index (Phi) is 2.66. The van der Waals surface area contributed by atoms with Gasteiger partial charge in [0.1, 0.15) is 0 Å². The van der Waals surface area contributed by atoms with E-state index in [9.17, 15) is 0 Å². The van der Waals surface area contributed by atoms with Crippen LogP contribution in [0, 0.1) is 0 Å². The van der Waals surface area contributed by atoms with E-state index in [1.54, 1.807) is 13.3 Å². The van der Waals surface area contributed by atoms with Crippen LogP contribution in [0.4, 0.5) is 5.88 Å². The monoisotopic (exact) mass is 310 g/mol. The summed E-state index contributed by atoms with van der Waals surface area (Å²) < 4.78 is 16.8. The summed E-state index contributed by atoms with van der Waals surface area (Å²) in [5, 5.41) is 3.70. The van der Waals surface area contributed by atoms with Gasteiger partial charge in [-0.1, -0.05) is 5.16 Å². The summed E-state index contributed by atoms with van der Waals surface area (Å²) in [6.45, 7) is 0.660. The molecule has 0 bridgehead atoms. The van der Waals surface area contributed by atoms with E-state index < -0.39 is 0 Å². The Morgan fingerprint density at radius 1 is 1.44 bits per heavy atom. The number of nitrogens with two attached hydrogens (primary N) is 1. The number of methoxy groups -OCH3 is 1. The molecule has 1 aliphatic rings. The summed E-state index contributed by atoms with van der Waals surface area (Å²) in [6.07, 6.45) is 2.43.